The quantitative estimate of drug-likeness (QED) is 0.604. The van der Waals surface area contributed by atoms with Gasteiger partial charge in [0, 0.05) is 5.41 Å². The highest BCUT2D eigenvalue weighted by Crippen LogP contribution is 2.11. The molecule has 15 heavy (non-hydrogen) atoms. The summed E-state index contributed by atoms with van der Waals surface area (Å²) in [6, 6.07) is 0. The predicted octanol–water partition coefficient (Wildman–Crippen LogP) is 1.59. The molecule has 0 aliphatic rings. The Kier molecular flexibility index (Phi) is 4.13. The van der Waals surface area contributed by atoms with Gasteiger partial charge in [0.25, 0.3) is 0 Å². The number of rotatable bonds is 0. The van der Waals surface area contributed by atoms with Crippen LogP contribution in [0.5, 0.6) is 0 Å². The van der Waals surface area contributed by atoms with E-state index in [9.17, 15) is 9.59 Å². The standard InChI is InChI=1S/C10H20N2O3/c1-9(2,3)7(13)11-12-8(14)15-10(4,5)6/h1-6H3,(H,11,13)(H,12,14). The van der Waals surface area contributed by atoms with E-state index in [0.29, 0.717) is 0 Å². The van der Waals surface area contributed by atoms with Gasteiger partial charge in [-0.2, -0.15) is 0 Å². The summed E-state index contributed by atoms with van der Waals surface area (Å²) in [5.74, 6) is -0.270. The van der Waals surface area contributed by atoms with E-state index in [2.05, 4.69) is 10.9 Å². The minimum atomic E-state index is -0.667. The molecule has 88 valence electrons. The summed E-state index contributed by atoms with van der Waals surface area (Å²) >= 11 is 0. The lowest BCUT2D eigenvalue weighted by Crippen LogP contribution is -2.48. The molecule has 5 heteroatoms. The van der Waals surface area contributed by atoms with E-state index >= 15 is 0 Å². The molecule has 0 fully saturated rings. The fourth-order valence-corrected chi connectivity index (χ4v) is 0.599. The van der Waals surface area contributed by atoms with Crippen LogP contribution in [0.2, 0.25) is 0 Å². The number of amides is 2. The number of carbonyl (C=O) groups excluding carboxylic acids is 2. The Morgan fingerprint density at radius 2 is 1.40 bits per heavy atom. The molecule has 0 unspecified atom stereocenters. The Balaban J connectivity index is 3.98. The van der Waals surface area contributed by atoms with Crippen LogP contribution in [0, 0.1) is 5.41 Å². The molecule has 2 N–H and O–H groups in total. The van der Waals surface area contributed by atoms with Gasteiger partial charge < -0.3 is 4.74 Å². The first-order valence-electron chi connectivity index (χ1n) is 4.82. The van der Waals surface area contributed by atoms with Crippen molar-refractivity contribution in [2.75, 3.05) is 0 Å². The van der Waals surface area contributed by atoms with E-state index in [1.165, 1.54) is 0 Å². The summed E-state index contributed by atoms with van der Waals surface area (Å²) in [5, 5.41) is 0. The van der Waals surface area contributed by atoms with Crippen LogP contribution in [0.4, 0.5) is 4.79 Å². The molecule has 0 rings (SSSR count). The molecule has 0 saturated heterocycles. The van der Waals surface area contributed by atoms with E-state index in [-0.39, 0.29) is 5.91 Å². The maximum absolute atomic E-state index is 11.4. The third kappa shape index (κ3) is 6.76. The molecule has 0 aliphatic heterocycles. The predicted molar refractivity (Wildman–Crippen MR) is 57.0 cm³/mol. The zero-order valence-corrected chi connectivity index (χ0v) is 10.2. The maximum atomic E-state index is 11.4. The average Bonchev–Trinajstić information content (AvgIpc) is 1.94. The SMILES string of the molecule is CC(C)(C)OC(=O)NNC(=O)C(C)(C)C. The lowest BCUT2D eigenvalue weighted by molar-refractivity contribution is -0.129. The first-order valence-corrected chi connectivity index (χ1v) is 4.82. The van der Waals surface area contributed by atoms with E-state index < -0.39 is 17.1 Å². The van der Waals surface area contributed by atoms with Crippen LogP contribution in [-0.2, 0) is 9.53 Å². The minimum absolute atomic E-state index is 0.270. The number of hydrogen-bond donors (Lipinski definition) is 2. The van der Waals surface area contributed by atoms with Crippen molar-refractivity contribution in [1.29, 1.82) is 0 Å². The lowest BCUT2D eigenvalue weighted by Gasteiger charge is -2.21. The van der Waals surface area contributed by atoms with Crippen molar-refractivity contribution in [2.24, 2.45) is 5.41 Å². The Morgan fingerprint density at radius 1 is 0.933 bits per heavy atom. The van der Waals surface area contributed by atoms with Crippen LogP contribution in [0.15, 0.2) is 0 Å². The minimum Gasteiger partial charge on any atom is -0.443 e. The van der Waals surface area contributed by atoms with Crippen molar-refractivity contribution in [3.05, 3.63) is 0 Å². The van der Waals surface area contributed by atoms with E-state index in [0.717, 1.165) is 0 Å². The second kappa shape index (κ2) is 4.51. The fourth-order valence-electron chi connectivity index (χ4n) is 0.599. The highest BCUT2D eigenvalue weighted by atomic mass is 16.6. The van der Waals surface area contributed by atoms with E-state index in [4.69, 9.17) is 4.74 Å². The van der Waals surface area contributed by atoms with Crippen molar-refractivity contribution in [3.63, 3.8) is 0 Å². The van der Waals surface area contributed by atoms with Crippen molar-refractivity contribution < 1.29 is 14.3 Å². The van der Waals surface area contributed by atoms with Crippen LogP contribution in [0.25, 0.3) is 0 Å². The molecule has 0 spiro atoms. The number of hydrazine groups is 1. The van der Waals surface area contributed by atoms with Crippen molar-refractivity contribution in [3.8, 4) is 0 Å². The molecule has 2 amide bonds. The summed E-state index contributed by atoms with van der Waals surface area (Å²) in [4.78, 5) is 22.5. The summed E-state index contributed by atoms with van der Waals surface area (Å²) in [7, 11) is 0. The second-order valence-electron chi connectivity index (χ2n) is 5.33. The Labute approximate surface area is 90.5 Å². The zero-order chi connectivity index (χ0) is 12.3. The molecule has 0 aliphatic carbocycles. The van der Waals surface area contributed by atoms with Gasteiger partial charge in [-0.3, -0.25) is 10.2 Å². The molecule has 0 bridgehead atoms. The zero-order valence-electron chi connectivity index (χ0n) is 10.2. The van der Waals surface area contributed by atoms with Crippen LogP contribution in [0.1, 0.15) is 41.5 Å². The van der Waals surface area contributed by atoms with Crippen LogP contribution >= 0.6 is 0 Å². The third-order valence-corrected chi connectivity index (χ3v) is 1.36. The van der Waals surface area contributed by atoms with Gasteiger partial charge >= 0.3 is 6.09 Å². The molecule has 0 aromatic heterocycles. The van der Waals surface area contributed by atoms with Gasteiger partial charge in [-0.05, 0) is 20.8 Å². The average molecular weight is 216 g/mol. The largest absolute Gasteiger partial charge is 0.443 e. The van der Waals surface area contributed by atoms with Gasteiger partial charge in [0.2, 0.25) is 5.91 Å². The smallest absolute Gasteiger partial charge is 0.426 e. The molecule has 0 radical (unpaired) electrons. The molecule has 0 aromatic rings. The van der Waals surface area contributed by atoms with E-state index in [1.54, 1.807) is 41.5 Å². The molecular weight excluding hydrogens is 196 g/mol. The second-order valence-corrected chi connectivity index (χ2v) is 5.33. The Morgan fingerprint density at radius 3 is 1.73 bits per heavy atom. The number of hydrogen-bond acceptors (Lipinski definition) is 3. The molecule has 5 nitrogen and oxygen atoms in total. The third-order valence-electron chi connectivity index (χ3n) is 1.36. The van der Waals surface area contributed by atoms with Crippen LogP contribution in [0.3, 0.4) is 0 Å². The van der Waals surface area contributed by atoms with Crippen LogP contribution in [-0.4, -0.2) is 17.6 Å². The topological polar surface area (TPSA) is 67.4 Å². The van der Waals surface area contributed by atoms with Gasteiger partial charge in [-0.1, -0.05) is 20.8 Å². The van der Waals surface area contributed by atoms with Gasteiger partial charge in [0.15, 0.2) is 0 Å². The van der Waals surface area contributed by atoms with Gasteiger partial charge in [0.05, 0.1) is 0 Å². The Bertz CT molecular complexity index is 248. The number of nitrogens with one attached hydrogen (secondary N) is 2. The highest BCUT2D eigenvalue weighted by Gasteiger charge is 2.22. The number of carbonyl (C=O) groups is 2. The van der Waals surface area contributed by atoms with Crippen molar-refractivity contribution >= 4 is 12.0 Å². The van der Waals surface area contributed by atoms with E-state index in [1.807, 2.05) is 0 Å². The van der Waals surface area contributed by atoms with Crippen molar-refractivity contribution in [1.82, 2.24) is 10.9 Å². The summed E-state index contributed by atoms with van der Waals surface area (Å²) < 4.78 is 4.94. The van der Waals surface area contributed by atoms with Gasteiger partial charge in [-0.25, -0.2) is 10.2 Å². The highest BCUT2D eigenvalue weighted by molar-refractivity contribution is 5.83. The summed E-state index contributed by atoms with van der Waals surface area (Å²) in [6.45, 7) is 10.5. The van der Waals surface area contributed by atoms with Crippen molar-refractivity contribution in [2.45, 2.75) is 47.1 Å². The molecule has 0 aromatic carbocycles. The van der Waals surface area contributed by atoms with Gasteiger partial charge in [-0.15, -0.1) is 0 Å². The molecule has 0 atom stereocenters. The first-order chi connectivity index (χ1) is 6.52. The van der Waals surface area contributed by atoms with Gasteiger partial charge in [0.1, 0.15) is 5.60 Å². The summed E-state index contributed by atoms with van der Waals surface area (Å²) in [5.41, 5.74) is 3.35. The lowest BCUT2D eigenvalue weighted by atomic mass is 9.96. The Hall–Kier alpha value is -1.26. The maximum Gasteiger partial charge on any atom is 0.426 e. The summed E-state index contributed by atoms with van der Waals surface area (Å²) in [6.07, 6.45) is -0.667. The molecule has 0 heterocycles. The normalized spacial score (nSPS) is 11.9. The fraction of sp³-hybridized carbons (Fsp3) is 0.800. The molecule has 0 saturated carbocycles. The van der Waals surface area contributed by atoms with Crippen LogP contribution < -0.4 is 10.9 Å². The molecular formula is C10H20N2O3. The monoisotopic (exact) mass is 216 g/mol. The first kappa shape index (κ1) is 13.7. The number of ether oxygens (including phenoxy) is 1.